The van der Waals surface area contributed by atoms with Crippen molar-refractivity contribution in [3.05, 3.63) is 53.6 Å². The predicted octanol–water partition coefficient (Wildman–Crippen LogP) is 3.23. The Morgan fingerprint density at radius 2 is 1.96 bits per heavy atom. The normalized spacial score (nSPS) is 12.2. The number of amides is 1. The summed E-state index contributed by atoms with van der Waals surface area (Å²) in [5.41, 5.74) is 0.723. The van der Waals surface area contributed by atoms with Gasteiger partial charge >= 0.3 is 12.1 Å². The third-order valence-corrected chi connectivity index (χ3v) is 4.38. The largest absolute Gasteiger partial charge is 0.480 e. The number of benzene rings is 1. The van der Waals surface area contributed by atoms with Crippen LogP contribution in [0.15, 0.2) is 30.7 Å². The van der Waals surface area contributed by atoms with Crippen molar-refractivity contribution in [3.63, 3.8) is 0 Å². The molecule has 0 saturated carbocycles. The monoisotopic (exact) mass is 395 g/mol. The number of aromatic nitrogens is 2. The first-order valence-electron chi connectivity index (χ1n) is 8.85. The third kappa shape index (κ3) is 5.28. The van der Waals surface area contributed by atoms with Gasteiger partial charge in [0.05, 0.1) is 12.9 Å². The summed E-state index contributed by atoms with van der Waals surface area (Å²) in [6.45, 7) is 3.61. The molecule has 0 radical (unpaired) electrons. The van der Waals surface area contributed by atoms with Crippen molar-refractivity contribution < 1.29 is 28.6 Å². The second-order valence-corrected chi connectivity index (χ2v) is 6.94. The molecule has 1 atom stereocenters. The number of nitrogens with zero attached hydrogens (tertiary/aromatic N) is 3. The average Bonchev–Trinajstić information content (AvgIpc) is 3.04. The molecule has 0 fully saturated rings. The maximum atomic E-state index is 13.9. The van der Waals surface area contributed by atoms with Crippen molar-refractivity contribution in [2.24, 2.45) is 5.92 Å². The number of carboxylic acids is 1. The van der Waals surface area contributed by atoms with E-state index < -0.39 is 29.7 Å². The van der Waals surface area contributed by atoms with E-state index in [0.29, 0.717) is 5.69 Å². The van der Waals surface area contributed by atoms with Gasteiger partial charge in [-0.3, -0.25) is 4.90 Å². The van der Waals surface area contributed by atoms with Crippen molar-refractivity contribution >= 4 is 12.1 Å². The van der Waals surface area contributed by atoms with Gasteiger partial charge in [-0.15, -0.1) is 0 Å². The van der Waals surface area contributed by atoms with Gasteiger partial charge in [-0.1, -0.05) is 26.0 Å². The molecule has 2 aromatic rings. The fourth-order valence-electron chi connectivity index (χ4n) is 2.98. The van der Waals surface area contributed by atoms with E-state index >= 15 is 0 Å². The topological polar surface area (TPSA) is 95.7 Å². The molecule has 2 N–H and O–H groups in total. The lowest BCUT2D eigenvalue weighted by molar-refractivity contribution is -0.143. The molecule has 1 unspecified atom stereocenters. The zero-order valence-corrected chi connectivity index (χ0v) is 15.7. The number of halogens is 2. The van der Waals surface area contributed by atoms with Gasteiger partial charge < -0.3 is 14.8 Å². The van der Waals surface area contributed by atoms with Gasteiger partial charge in [0.2, 0.25) is 0 Å². The summed E-state index contributed by atoms with van der Waals surface area (Å²) in [5.74, 6) is -3.10. The van der Waals surface area contributed by atoms with Crippen molar-refractivity contribution in [1.29, 1.82) is 0 Å². The molecule has 152 valence electrons. The number of imidazole rings is 1. The van der Waals surface area contributed by atoms with Crippen LogP contribution in [0.25, 0.3) is 0 Å². The smallest absolute Gasteiger partial charge is 0.408 e. The second kappa shape index (κ2) is 9.29. The zero-order chi connectivity index (χ0) is 20.8. The van der Waals surface area contributed by atoms with E-state index in [1.807, 2.05) is 13.8 Å². The fourth-order valence-corrected chi connectivity index (χ4v) is 2.98. The second-order valence-electron chi connectivity index (χ2n) is 6.94. The summed E-state index contributed by atoms with van der Waals surface area (Å²) in [6.07, 6.45) is 1.99. The van der Waals surface area contributed by atoms with Crippen LogP contribution >= 0.6 is 0 Å². The predicted molar refractivity (Wildman–Crippen MR) is 97.0 cm³/mol. The first kappa shape index (κ1) is 21.3. The van der Waals surface area contributed by atoms with Crippen LogP contribution in [0.2, 0.25) is 0 Å². The minimum absolute atomic E-state index is 0.00410. The fraction of sp³-hybridized carbons (Fsp3) is 0.421. The highest BCUT2D eigenvalue weighted by molar-refractivity contribution is 5.79. The molecule has 0 saturated heterocycles. The van der Waals surface area contributed by atoms with Gasteiger partial charge in [-0.05, 0) is 18.4 Å². The van der Waals surface area contributed by atoms with Crippen LogP contribution in [0.1, 0.15) is 31.5 Å². The Kier molecular flexibility index (Phi) is 7.08. The molecule has 0 aliphatic carbocycles. The van der Waals surface area contributed by atoms with Crippen LogP contribution in [0, 0.1) is 17.6 Å². The van der Waals surface area contributed by atoms with E-state index in [1.165, 1.54) is 24.7 Å². The average molecular weight is 395 g/mol. The third-order valence-electron chi connectivity index (χ3n) is 4.38. The number of carboxylic acid groups (broad SMARTS) is 2. The first-order chi connectivity index (χ1) is 13.2. The highest BCUT2D eigenvalue weighted by Gasteiger charge is 2.30. The molecular weight excluding hydrogens is 372 g/mol. The van der Waals surface area contributed by atoms with Crippen molar-refractivity contribution in [2.45, 2.75) is 39.3 Å². The van der Waals surface area contributed by atoms with Crippen LogP contribution in [0.5, 0.6) is 0 Å². The molecular formula is C19H23F2N3O4. The molecule has 1 aromatic heterocycles. The van der Waals surface area contributed by atoms with E-state index in [9.17, 15) is 28.6 Å². The number of aliphatic carboxylic acids is 1. The van der Waals surface area contributed by atoms with Crippen LogP contribution in [0.3, 0.4) is 0 Å². The summed E-state index contributed by atoms with van der Waals surface area (Å²) in [4.78, 5) is 28.0. The lowest BCUT2D eigenvalue weighted by Gasteiger charge is -2.27. The molecule has 0 aliphatic heterocycles. The minimum atomic E-state index is -1.32. The van der Waals surface area contributed by atoms with Crippen LogP contribution < -0.4 is 0 Å². The molecule has 9 heteroatoms. The van der Waals surface area contributed by atoms with Crippen molar-refractivity contribution in [2.75, 3.05) is 6.54 Å². The maximum Gasteiger partial charge on any atom is 0.408 e. The highest BCUT2D eigenvalue weighted by atomic mass is 19.2. The lowest BCUT2D eigenvalue weighted by atomic mass is 10.0. The lowest BCUT2D eigenvalue weighted by Crippen LogP contribution is -2.46. The van der Waals surface area contributed by atoms with Gasteiger partial charge in [-0.25, -0.2) is 23.4 Å². The van der Waals surface area contributed by atoms with Gasteiger partial charge in [-0.2, -0.15) is 0 Å². The van der Waals surface area contributed by atoms with Crippen LogP contribution in [-0.4, -0.2) is 49.3 Å². The molecule has 1 heterocycles. The number of hydrogen-bond acceptors (Lipinski definition) is 3. The van der Waals surface area contributed by atoms with Gasteiger partial charge in [0.15, 0.2) is 11.6 Å². The van der Waals surface area contributed by atoms with E-state index in [-0.39, 0.29) is 37.4 Å². The van der Waals surface area contributed by atoms with E-state index in [2.05, 4.69) is 4.98 Å². The molecule has 0 aliphatic rings. The van der Waals surface area contributed by atoms with Crippen LogP contribution in [0.4, 0.5) is 13.6 Å². The first-order valence-corrected chi connectivity index (χ1v) is 8.85. The van der Waals surface area contributed by atoms with Crippen molar-refractivity contribution in [1.82, 2.24) is 14.5 Å². The Labute approximate surface area is 161 Å². The summed E-state index contributed by atoms with van der Waals surface area (Å²) >= 11 is 0. The minimum Gasteiger partial charge on any atom is -0.480 e. The van der Waals surface area contributed by atoms with Gasteiger partial charge in [0, 0.05) is 30.4 Å². The Morgan fingerprint density at radius 3 is 2.57 bits per heavy atom. The summed E-state index contributed by atoms with van der Waals surface area (Å²) < 4.78 is 28.9. The number of hydrogen-bond donors (Lipinski definition) is 2. The van der Waals surface area contributed by atoms with E-state index in [0.717, 1.165) is 11.0 Å². The van der Waals surface area contributed by atoms with E-state index in [1.54, 1.807) is 4.57 Å². The molecule has 1 aromatic carbocycles. The van der Waals surface area contributed by atoms with Crippen LogP contribution in [-0.2, 0) is 17.8 Å². The highest BCUT2D eigenvalue weighted by Crippen LogP contribution is 2.16. The molecule has 0 spiro atoms. The SMILES string of the molecule is CC(C)CC(C(=O)O)N(CCc1cncn1Cc1cccc(F)c1F)C(=O)O. The Bertz CT molecular complexity index is 838. The summed E-state index contributed by atoms with van der Waals surface area (Å²) in [6, 6.07) is 2.72. The van der Waals surface area contributed by atoms with E-state index in [4.69, 9.17) is 0 Å². The number of carbonyl (C=O) groups is 2. The molecule has 2 rings (SSSR count). The molecule has 0 bridgehead atoms. The van der Waals surface area contributed by atoms with Gasteiger partial charge in [0.25, 0.3) is 0 Å². The Balaban J connectivity index is 2.15. The molecule has 7 nitrogen and oxygen atoms in total. The maximum absolute atomic E-state index is 13.9. The zero-order valence-electron chi connectivity index (χ0n) is 15.7. The Hall–Kier alpha value is -2.97. The van der Waals surface area contributed by atoms with Gasteiger partial charge in [0.1, 0.15) is 6.04 Å². The Morgan fingerprint density at radius 1 is 1.25 bits per heavy atom. The molecule has 28 heavy (non-hydrogen) atoms. The summed E-state index contributed by atoms with van der Waals surface area (Å²) in [5, 5.41) is 18.9. The molecule has 1 amide bonds. The number of rotatable bonds is 9. The quantitative estimate of drug-likeness (QED) is 0.680. The van der Waals surface area contributed by atoms with Crippen molar-refractivity contribution in [3.8, 4) is 0 Å². The summed E-state index contributed by atoms with van der Waals surface area (Å²) in [7, 11) is 0. The standard InChI is InChI=1S/C19H23F2N3O4/c1-12(2)8-16(18(25)26)24(19(27)28)7-6-14-9-22-11-23(14)10-13-4-3-5-15(20)17(13)21/h3-5,9,11-12,16H,6-8,10H2,1-2H3,(H,25,26)(H,27,28).